The molecular weight excluding hydrogens is 368 g/mol. The van der Waals surface area contributed by atoms with Crippen LogP contribution < -0.4 is 14.8 Å². The molecule has 0 fully saturated rings. The molecule has 0 aliphatic carbocycles. The van der Waals surface area contributed by atoms with E-state index < -0.39 is 37.5 Å². The smallest absolute Gasteiger partial charge is 0.242 e. The summed E-state index contributed by atoms with van der Waals surface area (Å²) in [6.45, 7) is 1.87. The molecule has 0 saturated carbocycles. The number of amides is 1. The lowest BCUT2D eigenvalue weighted by atomic mass is 10.2. The lowest BCUT2D eigenvalue weighted by molar-refractivity contribution is -0.115. The van der Waals surface area contributed by atoms with Crippen LogP contribution >= 0.6 is 0 Å². The van der Waals surface area contributed by atoms with Gasteiger partial charge in [0.25, 0.3) is 0 Å². The van der Waals surface area contributed by atoms with E-state index in [0.717, 1.165) is 13.0 Å². The molecule has 1 amide bonds. The van der Waals surface area contributed by atoms with Gasteiger partial charge in [0.05, 0.1) is 0 Å². The summed E-state index contributed by atoms with van der Waals surface area (Å²) in [4.78, 5) is 11.5. The van der Waals surface area contributed by atoms with Gasteiger partial charge in [0.15, 0.2) is 21.3 Å². The molecule has 1 aliphatic rings. The molecule has 1 atom stereocenters. The largest absolute Gasteiger partial charge is 0.486 e. The second-order valence-electron chi connectivity index (χ2n) is 5.61. The lowest BCUT2D eigenvalue weighted by Gasteiger charge is -2.19. The molecule has 9 heteroatoms. The first-order valence-electron chi connectivity index (χ1n) is 7.68. The third-order valence-electron chi connectivity index (χ3n) is 3.84. The van der Waals surface area contributed by atoms with Crippen LogP contribution in [0.3, 0.4) is 0 Å². The highest BCUT2D eigenvalue weighted by atomic mass is 32.2. The molecule has 26 heavy (non-hydrogen) atoms. The van der Waals surface area contributed by atoms with E-state index in [0.29, 0.717) is 42.5 Å². The molecule has 0 spiro atoms. The minimum Gasteiger partial charge on any atom is -0.486 e. The number of fused-ring (bicyclic) bond motifs is 1. The molecule has 1 aliphatic heterocycles. The van der Waals surface area contributed by atoms with Crippen LogP contribution in [-0.4, -0.2) is 32.8 Å². The van der Waals surface area contributed by atoms with Crippen molar-refractivity contribution in [1.82, 2.24) is 0 Å². The summed E-state index contributed by atoms with van der Waals surface area (Å²) in [5.41, 5.74) is 0.293. The second kappa shape index (κ2) is 6.91. The average molecular weight is 383 g/mol. The van der Waals surface area contributed by atoms with E-state index in [1.54, 1.807) is 6.07 Å². The Hall–Kier alpha value is -2.68. The number of carbonyl (C=O) groups is 1. The van der Waals surface area contributed by atoms with Crippen molar-refractivity contribution in [1.29, 1.82) is 0 Å². The molecule has 138 valence electrons. The van der Waals surface area contributed by atoms with E-state index >= 15 is 0 Å². The van der Waals surface area contributed by atoms with Gasteiger partial charge in [-0.25, -0.2) is 17.2 Å². The molecule has 0 bridgehead atoms. The van der Waals surface area contributed by atoms with Crippen LogP contribution in [-0.2, 0) is 14.6 Å². The molecular formula is C17H15F2NO5S. The van der Waals surface area contributed by atoms with Crippen LogP contribution in [0.5, 0.6) is 11.5 Å². The minimum atomic E-state index is -4.41. The summed E-state index contributed by atoms with van der Waals surface area (Å²) < 4.78 is 62.7. The van der Waals surface area contributed by atoms with Gasteiger partial charge in [-0.2, -0.15) is 0 Å². The van der Waals surface area contributed by atoms with Gasteiger partial charge < -0.3 is 14.8 Å². The van der Waals surface area contributed by atoms with Crippen molar-refractivity contribution in [3.05, 3.63) is 48.0 Å². The van der Waals surface area contributed by atoms with Crippen LogP contribution in [0.25, 0.3) is 0 Å². The number of carbonyl (C=O) groups excluding carboxylic acids is 1. The highest BCUT2D eigenvalue weighted by Crippen LogP contribution is 2.32. The monoisotopic (exact) mass is 383 g/mol. The Balaban J connectivity index is 1.82. The lowest BCUT2D eigenvalue weighted by Crippen LogP contribution is -2.33. The fourth-order valence-corrected chi connectivity index (χ4v) is 3.73. The van der Waals surface area contributed by atoms with E-state index in [9.17, 15) is 22.0 Å². The van der Waals surface area contributed by atoms with Crippen molar-refractivity contribution >= 4 is 21.4 Å². The zero-order valence-electron chi connectivity index (χ0n) is 13.7. The van der Waals surface area contributed by atoms with Crippen LogP contribution in [0.2, 0.25) is 0 Å². The maximum Gasteiger partial charge on any atom is 0.242 e. The number of rotatable bonds is 4. The van der Waals surface area contributed by atoms with Crippen molar-refractivity contribution in [3.63, 3.8) is 0 Å². The number of nitrogens with one attached hydrogen (secondary N) is 1. The molecule has 0 saturated heterocycles. The highest BCUT2D eigenvalue weighted by molar-refractivity contribution is 7.92. The third kappa shape index (κ3) is 3.48. The fourth-order valence-electron chi connectivity index (χ4n) is 2.39. The second-order valence-corrected chi connectivity index (χ2v) is 7.85. The van der Waals surface area contributed by atoms with Gasteiger partial charge in [-0.05, 0) is 37.3 Å². The van der Waals surface area contributed by atoms with Gasteiger partial charge in [0.2, 0.25) is 5.91 Å². The Morgan fingerprint density at radius 1 is 1.08 bits per heavy atom. The van der Waals surface area contributed by atoms with Crippen LogP contribution in [0.4, 0.5) is 14.5 Å². The third-order valence-corrected chi connectivity index (χ3v) is 5.92. The van der Waals surface area contributed by atoms with Crippen LogP contribution in [0, 0.1) is 11.6 Å². The number of benzene rings is 2. The van der Waals surface area contributed by atoms with Gasteiger partial charge >= 0.3 is 0 Å². The Labute approximate surface area is 148 Å². The SMILES string of the molecule is CC(C(=O)Nc1ccc2c(c1)OCCO2)S(=O)(=O)c1cc(F)ccc1F. The van der Waals surface area contributed by atoms with E-state index in [2.05, 4.69) is 5.32 Å². The molecule has 3 rings (SSSR count). The molecule has 2 aromatic rings. The molecule has 6 nitrogen and oxygen atoms in total. The van der Waals surface area contributed by atoms with E-state index in [4.69, 9.17) is 9.47 Å². The first-order chi connectivity index (χ1) is 12.3. The van der Waals surface area contributed by atoms with Crippen LogP contribution in [0.1, 0.15) is 6.92 Å². The van der Waals surface area contributed by atoms with Gasteiger partial charge in [0.1, 0.15) is 35.0 Å². The maximum absolute atomic E-state index is 13.8. The standard InChI is InChI=1S/C17H15F2NO5S/c1-10(26(22,23)16-8-11(18)2-4-13(16)19)17(21)20-12-3-5-14-15(9-12)25-7-6-24-14/h2-5,8-10H,6-7H2,1H3,(H,20,21). The molecule has 0 radical (unpaired) electrons. The van der Waals surface area contributed by atoms with Gasteiger partial charge in [-0.3, -0.25) is 4.79 Å². The fraction of sp³-hybridized carbons (Fsp3) is 0.235. The summed E-state index contributed by atoms with van der Waals surface area (Å²) in [7, 11) is -4.41. The molecule has 0 aromatic heterocycles. The summed E-state index contributed by atoms with van der Waals surface area (Å²) in [5.74, 6) is -1.99. The number of sulfone groups is 1. The Morgan fingerprint density at radius 2 is 1.77 bits per heavy atom. The van der Waals surface area contributed by atoms with Crippen molar-refractivity contribution in [2.24, 2.45) is 0 Å². The number of ether oxygens (including phenoxy) is 2. The normalized spacial score (nSPS) is 14.6. The van der Waals surface area contributed by atoms with Crippen molar-refractivity contribution < 1.29 is 31.5 Å². The van der Waals surface area contributed by atoms with Gasteiger partial charge in [-0.1, -0.05) is 0 Å². The van der Waals surface area contributed by atoms with E-state index in [-0.39, 0.29) is 0 Å². The minimum absolute atomic E-state index is 0.293. The van der Waals surface area contributed by atoms with Crippen molar-refractivity contribution in [2.75, 3.05) is 18.5 Å². The summed E-state index contributed by atoms with van der Waals surface area (Å²) >= 11 is 0. The first kappa shape index (κ1) is 18.1. The average Bonchev–Trinajstić information content (AvgIpc) is 2.62. The summed E-state index contributed by atoms with van der Waals surface area (Å²) in [6.07, 6.45) is 0. The van der Waals surface area contributed by atoms with Crippen molar-refractivity contribution in [3.8, 4) is 11.5 Å². The molecule has 1 unspecified atom stereocenters. The number of hydrogen-bond acceptors (Lipinski definition) is 5. The van der Waals surface area contributed by atoms with E-state index in [1.165, 1.54) is 12.1 Å². The summed E-state index contributed by atoms with van der Waals surface area (Å²) in [6, 6.07) is 6.65. The predicted octanol–water partition coefficient (Wildman–Crippen LogP) is 2.54. The Bertz CT molecular complexity index is 962. The van der Waals surface area contributed by atoms with Gasteiger partial charge in [-0.15, -0.1) is 0 Å². The van der Waals surface area contributed by atoms with Gasteiger partial charge in [0, 0.05) is 11.8 Å². The predicted molar refractivity (Wildman–Crippen MR) is 89.1 cm³/mol. The number of halogens is 2. The highest BCUT2D eigenvalue weighted by Gasteiger charge is 2.32. The van der Waals surface area contributed by atoms with Crippen molar-refractivity contribution in [2.45, 2.75) is 17.1 Å². The zero-order valence-corrected chi connectivity index (χ0v) is 14.5. The molecule has 1 N–H and O–H groups in total. The quantitative estimate of drug-likeness (QED) is 0.878. The number of anilines is 1. The van der Waals surface area contributed by atoms with E-state index in [1.807, 2.05) is 0 Å². The Kier molecular flexibility index (Phi) is 4.82. The topological polar surface area (TPSA) is 81.7 Å². The zero-order chi connectivity index (χ0) is 18.9. The Morgan fingerprint density at radius 3 is 2.50 bits per heavy atom. The first-order valence-corrected chi connectivity index (χ1v) is 9.23. The molecule has 2 aromatic carbocycles. The molecule has 1 heterocycles. The van der Waals surface area contributed by atoms with Crippen LogP contribution in [0.15, 0.2) is 41.3 Å². The maximum atomic E-state index is 13.8. The summed E-state index contributed by atoms with van der Waals surface area (Å²) in [5, 5.41) is 0.799. The number of hydrogen-bond donors (Lipinski definition) is 1.